The van der Waals surface area contributed by atoms with E-state index in [0.717, 1.165) is 6.42 Å². The summed E-state index contributed by atoms with van der Waals surface area (Å²) in [5, 5.41) is 0. The van der Waals surface area contributed by atoms with Crippen molar-refractivity contribution in [2.75, 3.05) is 0 Å². The molecule has 0 heterocycles. The van der Waals surface area contributed by atoms with Crippen LogP contribution >= 0.6 is 0 Å². The third-order valence-electron chi connectivity index (χ3n) is 1.63. The highest BCUT2D eigenvalue weighted by molar-refractivity contribution is 5.92. The second kappa shape index (κ2) is 4.27. The van der Waals surface area contributed by atoms with Gasteiger partial charge in [0, 0.05) is 0 Å². The highest BCUT2D eigenvalue weighted by atomic mass is 16.6. The van der Waals surface area contributed by atoms with Gasteiger partial charge in [-0.25, -0.2) is 4.79 Å². The van der Waals surface area contributed by atoms with Crippen molar-refractivity contribution in [1.82, 2.24) is 0 Å². The third kappa shape index (κ3) is 3.60. The Kier molecular flexibility index (Phi) is 3.28. The first-order valence-electron chi connectivity index (χ1n) is 4.76. The molecule has 1 rings (SSSR count). The Balaban J connectivity index is 2.66. The quantitative estimate of drug-likeness (QED) is 0.597. The lowest BCUT2D eigenvalue weighted by atomic mass is 10.1. The molecule has 0 atom stereocenters. The van der Waals surface area contributed by atoms with Gasteiger partial charge in [0.1, 0.15) is 5.60 Å². The van der Waals surface area contributed by atoms with Gasteiger partial charge in [0.25, 0.3) is 0 Å². The molecule has 0 aromatic rings. The summed E-state index contributed by atoms with van der Waals surface area (Å²) >= 11 is 0. The Bertz CT molecular complexity index is 301. The number of hydrogen-bond donors (Lipinski definition) is 0. The molecule has 0 bridgehead atoms. The zero-order valence-electron chi connectivity index (χ0n) is 8.91. The first-order valence-corrected chi connectivity index (χ1v) is 4.76. The summed E-state index contributed by atoms with van der Waals surface area (Å²) < 4.78 is 5.25. The minimum absolute atomic E-state index is 0.252. The molecule has 0 aromatic heterocycles. The van der Waals surface area contributed by atoms with E-state index in [1.165, 1.54) is 0 Å². The van der Waals surface area contributed by atoms with Crippen molar-refractivity contribution in [3.05, 3.63) is 36.0 Å². The summed E-state index contributed by atoms with van der Waals surface area (Å²) in [5.41, 5.74) is 0.204. The van der Waals surface area contributed by atoms with Crippen molar-refractivity contribution in [3.63, 3.8) is 0 Å². The van der Waals surface area contributed by atoms with E-state index >= 15 is 0 Å². The summed E-state index contributed by atoms with van der Waals surface area (Å²) in [6.07, 6.45) is 10.2. The molecule has 2 heteroatoms. The number of ether oxygens (including phenoxy) is 1. The highest BCUT2D eigenvalue weighted by Crippen LogP contribution is 2.13. The van der Waals surface area contributed by atoms with Crippen LogP contribution in [0.15, 0.2) is 36.0 Å². The van der Waals surface area contributed by atoms with Crippen LogP contribution in [0.2, 0.25) is 0 Å². The van der Waals surface area contributed by atoms with Crippen molar-refractivity contribution in [3.8, 4) is 0 Å². The fraction of sp³-hybridized carbons (Fsp3) is 0.417. The largest absolute Gasteiger partial charge is 0.456 e. The van der Waals surface area contributed by atoms with E-state index in [-0.39, 0.29) is 5.97 Å². The van der Waals surface area contributed by atoms with Gasteiger partial charge in [-0.05, 0) is 33.3 Å². The third-order valence-corrected chi connectivity index (χ3v) is 1.63. The molecule has 0 aromatic carbocycles. The number of rotatable bonds is 1. The molecule has 0 N–H and O–H groups in total. The first kappa shape index (κ1) is 10.8. The summed E-state index contributed by atoms with van der Waals surface area (Å²) in [7, 11) is 0. The Morgan fingerprint density at radius 2 is 2.07 bits per heavy atom. The van der Waals surface area contributed by atoms with Crippen LogP contribution in [-0.4, -0.2) is 11.6 Å². The Morgan fingerprint density at radius 3 is 2.71 bits per heavy atom. The average molecular weight is 192 g/mol. The maximum Gasteiger partial charge on any atom is 0.338 e. The molecule has 2 nitrogen and oxygen atoms in total. The highest BCUT2D eigenvalue weighted by Gasteiger charge is 2.18. The minimum Gasteiger partial charge on any atom is -0.456 e. The monoisotopic (exact) mass is 192 g/mol. The number of carbonyl (C=O) groups excluding carboxylic acids is 1. The van der Waals surface area contributed by atoms with Gasteiger partial charge in [0.15, 0.2) is 0 Å². The molecule has 0 fully saturated rings. The van der Waals surface area contributed by atoms with Gasteiger partial charge in [-0.2, -0.15) is 0 Å². The zero-order valence-corrected chi connectivity index (χ0v) is 8.91. The van der Waals surface area contributed by atoms with Crippen LogP contribution in [0, 0.1) is 0 Å². The summed E-state index contributed by atoms with van der Waals surface area (Å²) in [6.45, 7) is 5.60. The Morgan fingerprint density at radius 1 is 1.36 bits per heavy atom. The van der Waals surface area contributed by atoms with Crippen molar-refractivity contribution in [2.45, 2.75) is 32.8 Å². The fourth-order valence-electron chi connectivity index (χ4n) is 1.07. The molecule has 0 saturated heterocycles. The second-order valence-corrected chi connectivity index (χ2v) is 4.18. The van der Waals surface area contributed by atoms with Gasteiger partial charge < -0.3 is 4.74 Å². The standard InChI is InChI=1S/C12H16O2/c1-12(2,3)14-11(13)10-8-6-4-5-7-9-10/h4-6,8-9H,7H2,1-3H3. The number of esters is 1. The second-order valence-electron chi connectivity index (χ2n) is 4.18. The fourth-order valence-corrected chi connectivity index (χ4v) is 1.07. The SMILES string of the molecule is CC(C)(C)OC(=O)C1=CCC=CC=C1. The van der Waals surface area contributed by atoms with Crippen molar-refractivity contribution < 1.29 is 9.53 Å². The lowest BCUT2D eigenvalue weighted by Gasteiger charge is -2.19. The van der Waals surface area contributed by atoms with Crippen molar-refractivity contribution in [2.24, 2.45) is 0 Å². The van der Waals surface area contributed by atoms with Crippen LogP contribution in [0.25, 0.3) is 0 Å². The van der Waals surface area contributed by atoms with Crippen molar-refractivity contribution in [1.29, 1.82) is 0 Å². The molecule has 0 saturated carbocycles. The lowest BCUT2D eigenvalue weighted by molar-refractivity contribution is -0.149. The number of allylic oxidation sites excluding steroid dienone is 4. The smallest absolute Gasteiger partial charge is 0.338 e. The van der Waals surface area contributed by atoms with Crippen molar-refractivity contribution >= 4 is 5.97 Å². The molecule has 1 aliphatic rings. The van der Waals surface area contributed by atoms with Crippen LogP contribution in [0.4, 0.5) is 0 Å². The van der Waals surface area contributed by atoms with Crippen LogP contribution in [0.5, 0.6) is 0 Å². The number of carbonyl (C=O) groups is 1. The molecule has 0 spiro atoms. The van der Waals surface area contributed by atoms with Crippen LogP contribution in [0.1, 0.15) is 27.2 Å². The predicted octanol–water partition coefficient (Wildman–Crippen LogP) is 2.77. The predicted molar refractivity (Wildman–Crippen MR) is 56.8 cm³/mol. The molecule has 0 unspecified atom stereocenters. The normalized spacial score (nSPS) is 16.1. The molecule has 0 radical (unpaired) electrons. The molecular formula is C12H16O2. The molecular weight excluding hydrogens is 176 g/mol. The maximum absolute atomic E-state index is 11.6. The van der Waals surface area contributed by atoms with E-state index < -0.39 is 5.60 Å². The topological polar surface area (TPSA) is 26.3 Å². The molecule has 0 amide bonds. The van der Waals surface area contributed by atoms with Gasteiger partial charge in [-0.1, -0.05) is 24.3 Å². The van der Waals surface area contributed by atoms with Gasteiger partial charge in [-0.15, -0.1) is 0 Å². The van der Waals surface area contributed by atoms with E-state index in [9.17, 15) is 4.79 Å². The number of hydrogen-bond acceptors (Lipinski definition) is 2. The minimum atomic E-state index is -0.425. The summed E-state index contributed by atoms with van der Waals surface area (Å²) in [4.78, 5) is 11.6. The molecule has 0 aliphatic heterocycles. The zero-order chi connectivity index (χ0) is 10.6. The molecule has 76 valence electrons. The Hall–Kier alpha value is -1.31. The average Bonchev–Trinajstić information content (AvgIpc) is 2.27. The van der Waals surface area contributed by atoms with E-state index in [1.54, 1.807) is 6.08 Å². The van der Waals surface area contributed by atoms with Gasteiger partial charge in [0.2, 0.25) is 0 Å². The Labute approximate surface area is 85.0 Å². The lowest BCUT2D eigenvalue weighted by Crippen LogP contribution is -2.24. The van der Waals surface area contributed by atoms with Crippen LogP contribution in [0.3, 0.4) is 0 Å². The first-order chi connectivity index (χ1) is 6.49. The van der Waals surface area contributed by atoms with Gasteiger partial charge >= 0.3 is 5.97 Å². The van der Waals surface area contributed by atoms with Crippen LogP contribution < -0.4 is 0 Å². The van der Waals surface area contributed by atoms with E-state index in [1.807, 2.05) is 45.1 Å². The summed E-state index contributed by atoms with van der Waals surface area (Å²) in [5.74, 6) is -0.252. The maximum atomic E-state index is 11.6. The van der Waals surface area contributed by atoms with E-state index in [2.05, 4.69) is 0 Å². The van der Waals surface area contributed by atoms with E-state index in [0.29, 0.717) is 5.57 Å². The molecule has 14 heavy (non-hydrogen) atoms. The summed E-state index contributed by atoms with van der Waals surface area (Å²) in [6, 6.07) is 0. The van der Waals surface area contributed by atoms with E-state index in [4.69, 9.17) is 4.74 Å². The van der Waals surface area contributed by atoms with Gasteiger partial charge in [0.05, 0.1) is 5.57 Å². The van der Waals surface area contributed by atoms with Crippen LogP contribution in [-0.2, 0) is 9.53 Å². The molecule has 1 aliphatic carbocycles. The van der Waals surface area contributed by atoms with Gasteiger partial charge in [-0.3, -0.25) is 0 Å².